The Hall–Kier alpha value is -2.19. The Labute approximate surface area is 248 Å². The molecule has 9 nitrogen and oxygen atoms in total. The Balaban J connectivity index is 1.22. The van der Waals surface area contributed by atoms with Crippen LogP contribution in [0.25, 0.3) is 0 Å². The van der Waals surface area contributed by atoms with Gasteiger partial charge in [-0.25, -0.2) is 0 Å². The van der Waals surface area contributed by atoms with Gasteiger partial charge in [-0.3, -0.25) is 20.3 Å². The number of nitrogens with zero attached hydrogens (tertiary/aromatic N) is 4. The van der Waals surface area contributed by atoms with Crippen LogP contribution in [-0.4, -0.2) is 96.7 Å². The maximum absolute atomic E-state index is 12.5. The number of likely N-dealkylation sites (N-methyl/N-ethyl adjacent to an activating group) is 1. The molecular weight excluding hydrogens is 540 g/mol. The van der Waals surface area contributed by atoms with E-state index in [1.807, 2.05) is 18.2 Å². The van der Waals surface area contributed by atoms with E-state index < -0.39 is 0 Å². The summed E-state index contributed by atoms with van der Waals surface area (Å²) < 4.78 is 13.3. The summed E-state index contributed by atoms with van der Waals surface area (Å²) in [6.07, 6.45) is 7.35. The SMILES string of the molecule is C=CC(=O)N1CCN(C2NC(OCC3CCCN3C)NC3C[C@@]4(CCC32)CC(Cl)c2ccccc2O4)CC1CC#N. The summed E-state index contributed by atoms with van der Waals surface area (Å²) in [5.74, 6) is 1.13. The average Bonchev–Trinajstić information content (AvgIpc) is 3.39. The normalized spacial score (nSPS) is 37.6. The number of carbonyl (C=O) groups excluding carboxylic acids is 1. The summed E-state index contributed by atoms with van der Waals surface area (Å²) in [6, 6.07) is 10.9. The third kappa shape index (κ3) is 5.88. The molecule has 4 fully saturated rings. The highest BCUT2D eigenvalue weighted by atomic mass is 35.5. The molecule has 4 heterocycles. The standard InChI is InChI=1S/C31H43ClN6O3/c1-3-28(39)38-16-15-37(19-21(38)11-13-33)29-24-10-12-31(17-25(32)23-8-4-5-9-27(23)41-31)18-26(24)34-30(35-29)40-20-22-7-6-14-36(22)2/h3-5,8-9,21-22,24-26,29-30,34-35H,1,6-7,10-12,14-20H2,2H3/t21?,22?,24?,25?,26?,29?,30?,31-/m1/s1. The number of rotatable bonds is 6. The molecule has 1 aromatic carbocycles. The highest BCUT2D eigenvalue weighted by Crippen LogP contribution is 2.50. The first-order chi connectivity index (χ1) is 19.9. The fourth-order valence-corrected chi connectivity index (χ4v) is 8.34. The molecule has 8 atom stereocenters. The van der Waals surface area contributed by atoms with Crippen LogP contribution in [0.3, 0.4) is 0 Å². The second-order valence-electron chi connectivity index (χ2n) is 12.5. The Morgan fingerprint density at radius 1 is 1.24 bits per heavy atom. The van der Waals surface area contributed by atoms with Gasteiger partial charge in [-0.15, -0.1) is 11.6 Å². The van der Waals surface area contributed by atoms with Gasteiger partial charge in [0.1, 0.15) is 11.4 Å². The minimum absolute atomic E-state index is 0.0646. The van der Waals surface area contributed by atoms with E-state index in [1.54, 1.807) is 4.90 Å². The lowest BCUT2D eigenvalue weighted by Crippen LogP contribution is -2.73. The summed E-state index contributed by atoms with van der Waals surface area (Å²) >= 11 is 6.94. The number of benzene rings is 1. The van der Waals surface area contributed by atoms with Crippen LogP contribution in [0, 0.1) is 17.2 Å². The van der Waals surface area contributed by atoms with Crippen LogP contribution < -0.4 is 15.4 Å². The summed E-state index contributed by atoms with van der Waals surface area (Å²) in [5, 5.41) is 17.1. The molecule has 0 aromatic heterocycles. The number of hydrogen-bond acceptors (Lipinski definition) is 8. The molecule has 1 amide bonds. The van der Waals surface area contributed by atoms with Crippen molar-refractivity contribution in [1.29, 1.82) is 5.26 Å². The third-order valence-corrected chi connectivity index (χ3v) is 10.5. The van der Waals surface area contributed by atoms with E-state index in [1.165, 1.54) is 12.5 Å². The number of ether oxygens (including phenoxy) is 2. The molecule has 1 saturated carbocycles. The van der Waals surface area contributed by atoms with E-state index in [-0.39, 0.29) is 41.5 Å². The fraction of sp³-hybridized carbons (Fsp3) is 0.677. The number of fused-ring (bicyclic) bond motifs is 2. The van der Waals surface area contributed by atoms with Gasteiger partial charge >= 0.3 is 0 Å². The molecule has 10 heteroatoms. The minimum atomic E-state index is -0.314. The van der Waals surface area contributed by atoms with Gasteiger partial charge in [0.2, 0.25) is 5.91 Å². The molecule has 41 heavy (non-hydrogen) atoms. The molecule has 4 aliphatic heterocycles. The van der Waals surface area contributed by atoms with E-state index in [0.717, 1.165) is 56.5 Å². The van der Waals surface area contributed by atoms with Crippen molar-refractivity contribution in [2.45, 2.75) is 86.6 Å². The molecule has 1 aliphatic carbocycles. The molecule has 5 aliphatic rings. The topological polar surface area (TPSA) is 93.1 Å². The van der Waals surface area contributed by atoms with E-state index in [9.17, 15) is 10.1 Å². The van der Waals surface area contributed by atoms with Crippen molar-refractivity contribution in [3.05, 3.63) is 42.5 Å². The highest BCUT2D eigenvalue weighted by molar-refractivity contribution is 6.21. The number of para-hydroxylation sites is 1. The van der Waals surface area contributed by atoms with Crippen molar-refractivity contribution < 1.29 is 14.3 Å². The number of hydrogen-bond donors (Lipinski definition) is 2. The van der Waals surface area contributed by atoms with Gasteiger partial charge in [-0.2, -0.15) is 5.26 Å². The smallest absolute Gasteiger partial charge is 0.246 e. The first-order valence-electron chi connectivity index (χ1n) is 15.2. The predicted octanol–water partition coefficient (Wildman–Crippen LogP) is 3.18. The number of amides is 1. The number of nitrogens with one attached hydrogen (secondary N) is 2. The van der Waals surface area contributed by atoms with E-state index in [2.05, 4.69) is 46.2 Å². The van der Waals surface area contributed by atoms with Gasteiger partial charge in [-0.05, 0) is 51.4 Å². The Morgan fingerprint density at radius 3 is 2.88 bits per heavy atom. The van der Waals surface area contributed by atoms with Crippen molar-refractivity contribution in [3.63, 3.8) is 0 Å². The van der Waals surface area contributed by atoms with Gasteiger partial charge < -0.3 is 19.3 Å². The summed E-state index contributed by atoms with van der Waals surface area (Å²) in [5.41, 5.74) is 0.765. The monoisotopic (exact) mass is 582 g/mol. The second kappa shape index (κ2) is 12.2. The highest BCUT2D eigenvalue weighted by Gasteiger charge is 2.52. The van der Waals surface area contributed by atoms with Gasteiger partial charge in [0.15, 0.2) is 6.35 Å². The quantitative estimate of drug-likeness (QED) is 0.390. The molecule has 1 aromatic rings. The van der Waals surface area contributed by atoms with Crippen LogP contribution in [0.2, 0.25) is 0 Å². The van der Waals surface area contributed by atoms with Crippen LogP contribution in [-0.2, 0) is 9.53 Å². The zero-order chi connectivity index (χ0) is 28.6. The number of halogens is 1. The number of nitriles is 1. The lowest BCUT2D eigenvalue weighted by Gasteiger charge is -2.56. The Bertz CT molecular complexity index is 1160. The van der Waals surface area contributed by atoms with Crippen molar-refractivity contribution in [3.8, 4) is 11.8 Å². The average molecular weight is 583 g/mol. The van der Waals surface area contributed by atoms with Crippen LogP contribution in [0.5, 0.6) is 5.75 Å². The summed E-state index contributed by atoms with van der Waals surface area (Å²) in [6.45, 7) is 7.41. The second-order valence-corrected chi connectivity index (χ2v) is 13.0. The maximum Gasteiger partial charge on any atom is 0.246 e. The van der Waals surface area contributed by atoms with Gasteiger partial charge in [0.05, 0.1) is 36.7 Å². The number of piperazine rings is 1. The van der Waals surface area contributed by atoms with Crippen molar-refractivity contribution in [2.24, 2.45) is 5.92 Å². The first-order valence-corrected chi connectivity index (χ1v) is 15.6. The maximum atomic E-state index is 12.5. The van der Waals surface area contributed by atoms with Gasteiger partial charge in [-0.1, -0.05) is 24.8 Å². The minimum Gasteiger partial charge on any atom is -0.487 e. The molecule has 6 rings (SSSR count). The lowest BCUT2D eigenvalue weighted by atomic mass is 9.70. The molecule has 1 spiro atoms. The van der Waals surface area contributed by atoms with Crippen LogP contribution in [0.4, 0.5) is 0 Å². The molecule has 222 valence electrons. The van der Waals surface area contributed by atoms with Crippen LogP contribution >= 0.6 is 11.6 Å². The van der Waals surface area contributed by atoms with E-state index in [4.69, 9.17) is 21.1 Å². The van der Waals surface area contributed by atoms with E-state index >= 15 is 0 Å². The van der Waals surface area contributed by atoms with Crippen molar-refractivity contribution in [1.82, 2.24) is 25.3 Å². The predicted molar refractivity (Wildman–Crippen MR) is 157 cm³/mol. The first kappa shape index (κ1) is 28.9. The Morgan fingerprint density at radius 2 is 2.10 bits per heavy atom. The van der Waals surface area contributed by atoms with E-state index in [0.29, 0.717) is 38.1 Å². The number of likely N-dealkylation sites (tertiary alicyclic amines) is 1. The molecule has 0 radical (unpaired) electrons. The Kier molecular flexibility index (Phi) is 8.60. The van der Waals surface area contributed by atoms with Crippen molar-refractivity contribution in [2.75, 3.05) is 39.8 Å². The number of alkyl halides is 1. The van der Waals surface area contributed by atoms with Crippen LogP contribution in [0.15, 0.2) is 36.9 Å². The van der Waals surface area contributed by atoms with Gasteiger partial charge in [0.25, 0.3) is 0 Å². The third-order valence-electron chi connectivity index (χ3n) is 10.1. The molecule has 2 N–H and O–H groups in total. The van der Waals surface area contributed by atoms with Crippen molar-refractivity contribution >= 4 is 17.5 Å². The summed E-state index contributed by atoms with van der Waals surface area (Å²) in [7, 11) is 2.17. The molecule has 7 unspecified atom stereocenters. The molecular formula is C31H43ClN6O3. The number of carbonyl (C=O) groups is 1. The molecule has 3 saturated heterocycles. The lowest BCUT2D eigenvalue weighted by molar-refractivity contribution is -0.139. The van der Waals surface area contributed by atoms with Crippen LogP contribution in [0.1, 0.15) is 55.9 Å². The summed E-state index contributed by atoms with van der Waals surface area (Å²) in [4.78, 5) is 19.2. The molecule has 0 bridgehead atoms. The zero-order valence-corrected chi connectivity index (χ0v) is 24.8. The zero-order valence-electron chi connectivity index (χ0n) is 24.0. The van der Waals surface area contributed by atoms with Gasteiger partial charge in [0, 0.05) is 56.0 Å². The fourth-order valence-electron chi connectivity index (χ4n) is 7.88. The largest absolute Gasteiger partial charge is 0.487 e.